The highest BCUT2D eigenvalue weighted by atomic mass is 32.1. The van der Waals surface area contributed by atoms with Gasteiger partial charge in [-0.05, 0) is 25.0 Å². The molecule has 0 bridgehead atoms. The summed E-state index contributed by atoms with van der Waals surface area (Å²) in [5.41, 5.74) is 4.70. The van der Waals surface area contributed by atoms with Crippen molar-refractivity contribution < 1.29 is 9.84 Å². The van der Waals surface area contributed by atoms with Gasteiger partial charge in [0.05, 0.1) is 24.4 Å². The van der Waals surface area contributed by atoms with E-state index in [1.807, 2.05) is 25.4 Å². The zero-order chi connectivity index (χ0) is 13.7. The van der Waals surface area contributed by atoms with Crippen molar-refractivity contribution in [1.29, 1.82) is 0 Å². The lowest BCUT2D eigenvalue weighted by atomic mass is 10.2. The van der Waals surface area contributed by atoms with Gasteiger partial charge in [0.25, 0.3) is 0 Å². The molecule has 0 atom stereocenters. The number of aromatic nitrogens is 2. The summed E-state index contributed by atoms with van der Waals surface area (Å²) in [5, 5.41) is 9.20. The Morgan fingerprint density at radius 1 is 1.37 bits per heavy atom. The van der Waals surface area contributed by atoms with Crippen LogP contribution in [-0.2, 0) is 19.4 Å². The van der Waals surface area contributed by atoms with Gasteiger partial charge in [-0.1, -0.05) is 6.92 Å². The Kier molecular flexibility index (Phi) is 4.87. The highest BCUT2D eigenvalue weighted by Gasteiger charge is 2.05. The van der Waals surface area contributed by atoms with Crippen LogP contribution in [0.5, 0.6) is 5.88 Å². The molecule has 5 heteroatoms. The SMILES string of the molecule is CCc1cc(CO)cc(OCCc2scnc2C)n1. The van der Waals surface area contributed by atoms with Gasteiger partial charge in [-0.3, -0.25) is 0 Å². The maximum atomic E-state index is 9.20. The molecular formula is C14H18N2O2S. The molecule has 2 aromatic rings. The number of ether oxygens (including phenoxy) is 1. The number of hydrogen-bond donors (Lipinski definition) is 1. The van der Waals surface area contributed by atoms with Crippen LogP contribution in [0.15, 0.2) is 17.6 Å². The molecule has 0 amide bonds. The number of nitrogens with zero attached hydrogens (tertiary/aromatic N) is 2. The van der Waals surface area contributed by atoms with Crippen LogP contribution in [0.4, 0.5) is 0 Å². The molecule has 0 fully saturated rings. The van der Waals surface area contributed by atoms with E-state index >= 15 is 0 Å². The fourth-order valence-corrected chi connectivity index (χ4v) is 2.54. The zero-order valence-electron chi connectivity index (χ0n) is 11.2. The van der Waals surface area contributed by atoms with Gasteiger partial charge in [0, 0.05) is 23.1 Å². The summed E-state index contributed by atoms with van der Waals surface area (Å²) in [6, 6.07) is 3.69. The van der Waals surface area contributed by atoms with Gasteiger partial charge in [-0.15, -0.1) is 11.3 Å². The first-order chi connectivity index (χ1) is 9.22. The van der Waals surface area contributed by atoms with Gasteiger partial charge in [0.2, 0.25) is 5.88 Å². The lowest BCUT2D eigenvalue weighted by molar-refractivity contribution is 0.277. The molecule has 0 radical (unpaired) electrons. The normalized spacial score (nSPS) is 10.7. The Bertz CT molecular complexity index is 518. The third-order valence-corrected chi connectivity index (χ3v) is 3.88. The lowest BCUT2D eigenvalue weighted by Crippen LogP contribution is -2.04. The minimum atomic E-state index is 0.0137. The fraction of sp³-hybridized carbons (Fsp3) is 0.429. The van der Waals surface area contributed by atoms with Crippen LogP contribution in [-0.4, -0.2) is 21.7 Å². The minimum absolute atomic E-state index is 0.0137. The molecule has 0 saturated heterocycles. The monoisotopic (exact) mass is 278 g/mol. The van der Waals surface area contributed by atoms with Crippen LogP contribution in [0.3, 0.4) is 0 Å². The second-order valence-corrected chi connectivity index (χ2v) is 5.22. The van der Waals surface area contributed by atoms with Gasteiger partial charge >= 0.3 is 0 Å². The number of hydrogen-bond acceptors (Lipinski definition) is 5. The van der Waals surface area contributed by atoms with E-state index in [1.165, 1.54) is 4.88 Å². The second-order valence-electron chi connectivity index (χ2n) is 4.28. The summed E-state index contributed by atoms with van der Waals surface area (Å²) in [6.07, 6.45) is 1.67. The van der Waals surface area contributed by atoms with E-state index in [0.717, 1.165) is 29.8 Å². The van der Waals surface area contributed by atoms with Gasteiger partial charge in [-0.25, -0.2) is 9.97 Å². The molecule has 0 spiro atoms. The van der Waals surface area contributed by atoms with Crippen molar-refractivity contribution >= 4 is 11.3 Å². The summed E-state index contributed by atoms with van der Waals surface area (Å²) in [7, 11) is 0. The first-order valence-corrected chi connectivity index (χ1v) is 7.23. The van der Waals surface area contributed by atoms with Crippen molar-refractivity contribution in [3.8, 4) is 5.88 Å². The van der Waals surface area contributed by atoms with Gasteiger partial charge < -0.3 is 9.84 Å². The number of aliphatic hydroxyl groups is 1. The molecule has 1 N–H and O–H groups in total. The number of aryl methyl sites for hydroxylation is 2. The highest BCUT2D eigenvalue weighted by Crippen LogP contribution is 2.16. The Labute approximate surface area is 117 Å². The van der Waals surface area contributed by atoms with Crippen molar-refractivity contribution in [2.24, 2.45) is 0 Å². The van der Waals surface area contributed by atoms with E-state index in [-0.39, 0.29) is 6.61 Å². The zero-order valence-corrected chi connectivity index (χ0v) is 12.0. The fourth-order valence-electron chi connectivity index (χ4n) is 1.78. The molecule has 0 aliphatic carbocycles. The molecule has 102 valence electrons. The summed E-state index contributed by atoms with van der Waals surface area (Å²) < 4.78 is 5.68. The van der Waals surface area contributed by atoms with Crippen LogP contribution >= 0.6 is 11.3 Å². The lowest BCUT2D eigenvalue weighted by Gasteiger charge is -2.08. The van der Waals surface area contributed by atoms with Crippen LogP contribution in [0.25, 0.3) is 0 Å². The van der Waals surface area contributed by atoms with Crippen LogP contribution in [0.1, 0.15) is 28.8 Å². The summed E-state index contributed by atoms with van der Waals surface area (Å²) in [6.45, 7) is 4.63. The summed E-state index contributed by atoms with van der Waals surface area (Å²) in [5.74, 6) is 0.588. The van der Waals surface area contributed by atoms with Crippen LogP contribution in [0.2, 0.25) is 0 Å². The maximum Gasteiger partial charge on any atom is 0.213 e. The first-order valence-electron chi connectivity index (χ1n) is 6.35. The minimum Gasteiger partial charge on any atom is -0.477 e. The molecule has 0 unspecified atom stereocenters. The predicted octanol–water partition coefficient (Wildman–Crippen LogP) is 2.52. The van der Waals surface area contributed by atoms with Crippen molar-refractivity contribution in [2.75, 3.05) is 6.61 Å². The molecule has 4 nitrogen and oxygen atoms in total. The molecule has 2 aromatic heterocycles. The van der Waals surface area contributed by atoms with Gasteiger partial charge in [-0.2, -0.15) is 0 Å². The second kappa shape index (κ2) is 6.63. The van der Waals surface area contributed by atoms with Crippen molar-refractivity contribution in [3.05, 3.63) is 39.5 Å². The Morgan fingerprint density at radius 2 is 2.21 bits per heavy atom. The van der Waals surface area contributed by atoms with E-state index in [4.69, 9.17) is 4.74 Å². The molecule has 0 aromatic carbocycles. The average Bonchev–Trinajstić information content (AvgIpc) is 2.84. The van der Waals surface area contributed by atoms with Gasteiger partial charge in [0.1, 0.15) is 0 Å². The average molecular weight is 278 g/mol. The van der Waals surface area contributed by atoms with E-state index in [1.54, 1.807) is 17.4 Å². The molecule has 2 rings (SSSR count). The highest BCUT2D eigenvalue weighted by molar-refractivity contribution is 7.09. The Morgan fingerprint density at radius 3 is 2.84 bits per heavy atom. The topological polar surface area (TPSA) is 55.2 Å². The largest absolute Gasteiger partial charge is 0.477 e. The van der Waals surface area contributed by atoms with Gasteiger partial charge in [0.15, 0.2) is 0 Å². The molecule has 0 aliphatic rings. The number of pyridine rings is 1. The van der Waals surface area contributed by atoms with Crippen molar-refractivity contribution in [1.82, 2.24) is 9.97 Å². The van der Waals surface area contributed by atoms with Crippen LogP contribution < -0.4 is 4.74 Å². The van der Waals surface area contributed by atoms with E-state index < -0.39 is 0 Å². The van der Waals surface area contributed by atoms with E-state index in [2.05, 4.69) is 9.97 Å². The Balaban J connectivity index is 1.97. The number of rotatable bonds is 6. The molecule has 2 heterocycles. The standard InChI is InChI=1S/C14H18N2O2S/c1-3-12-6-11(8-17)7-14(16-12)18-5-4-13-10(2)15-9-19-13/h6-7,9,17H,3-5,8H2,1-2H3. The van der Waals surface area contributed by atoms with E-state index in [0.29, 0.717) is 12.5 Å². The summed E-state index contributed by atoms with van der Waals surface area (Å²) in [4.78, 5) is 9.85. The first kappa shape index (κ1) is 14.0. The number of thiazole rings is 1. The summed E-state index contributed by atoms with van der Waals surface area (Å²) >= 11 is 1.65. The third kappa shape index (κ3) is 3.75. The molecule has 0 saturated carbocycles. The molecular weight excluding hydrogens is 260 g/mol. The third-order valence-electron chi connectivity index (χ3n) is 2.88. The smallest absolute Gasteiger partial charge is 0.213 e. The van der Waals surface area contributed by atoms with E-state index in [9.17, 15) is 5.11 Å². The molecule has 19 heavy (non-hydrogen) atoms. The Hall–Kier alpha value is -1.46. The van der Waals surface area contributed by atoms with Crippen molar-refractivity contribution in [3.63, 3.8) is 0 Å². The van der Waals surface area contributed by atoms with Crippen molar-refractivity contribution in [2.45, 2.75) is 33.3 Å². The van der Waals surface area contributed by atoms with Crippen LogP contribution in [0, 0.1) is 6.92 Å². The molecule has 0 aliphatic heterocycles. The maximum absolute atomic E-state index is 9.20. The quantitative estimate of drug-likeness (QED) is 0.882. The number of aliphatic hydroxyl groups excluding tert-OH is 1. The predicted molar refractivity (Wildman–Crippen MR) is 75.6 cm³/mol.